The van der Waals surface area contributed by atoms with Gasteiger partial charge in [-0.1, -0.05) is 23.2 Å². The molecule has 0 bridgehead atoms. The zero-order chi connectivity index (χ0) is 30.3. The van der Waals surface area contributed by atoms with Gasteiger partial charge in [-0.25, -0.2) is 15.0 Å². The van der Waals surface area contributed by atoms with Crippen LogP contribution in [0.25, 0.3) is 11.3 Å². The SMILES string of the molecule is NC(=O)CN1CCN(Cc2cc(Oc3cnc(N4CCN(CCC(=O)O)CC4)nc3)nc(-c3cc(Cl)cc(Cl)c3)c2)CC1. The number of halogens is 2. The lowest BCUT2D eigenvalue weighted by Crippen LogP contribution is -2.48. The highest BCUT2D eigenvalue weighted by Gasteiger charge is 2.21. The van der Waals surface area contributed by atoms with Crippen LogP contribution in [0.1, 0.15) is 12.0 Å². The van der Waals surface area contributed by atoms with E-state index in [0.717, 1.165) is 50.4 Å². The standard InChI is InChI=1S/C29H34Cl2N8O4/c30-22-13-21(14-23(31)15-22)25-11-20(18-37-3-5-38(6-4-37)19-26(32)40)12-27(35-25)43-24-16-33-29(34-17-24)39-9-7-36(8-10-39)2-1-28(41)42/h11-17H,1-10,18-19H2,(H2,32,40)(H,41,42). The van der Waals surface area contributed by atoms with Crippen molar-refractivity contribution in [3.05, 3.63) is 58.3 Å². The topological polar surface area (TPSA) is 141 Å². The lowest BCUT2D eigenvalue weighted by atomic mass is 10.1. The number of carbonyl (C=O) groups is 2. The van der Waals surface area contributed by atoms with Crippen molar-refractivity contribution in [3.63, 3.8) is 0 Å². The molecule has 1 amide bonds. The van der Waals surface area contributed by atoms with Gasteiger partial charge in [-0.3, -0.25) is 24.3 Å². The summed E-state index contributed by atoms with van der Waals surface area (Å²) < 4.78 is 6.14. The Morgan fingerprint density at radius 2 is 1.49 bits per heavy atom. The molecule has 14 heteroatoms. The zero-order valence-electron chi connectivity index (χ0n) is 23.7. The average molecular weight is 630 g/mol. The van der Waals surface area contributed by atoms with E-state index in [0.29, 0.717) is 59.5 Å². The minimum atomic E-state index is -0.787. The maximum absolute atomic E-state index is 11.3. The maximum atomic E-state index is 11.3. The van der Waals surface area contributed by atoms with Crippen molar-refractivity contribution >= 4 is 41.0 Å². The summed E-state index contributed by atoms with van der Waals surface area (Å²) in [6.07, 6.45) is 3.39. The second kappa shape index (κ2) is 14.3. The molecule has 0 radical (unpaired) electrons. The number of aliphatic carboxylic acids is 1. The number of hydrogen-bond donors (Lipinski definition) is 2. The number of rotatable bonds is 11. The molecule has 5 rings (SSSR count). The van der Waals surface area contributed by atoms with Gasteiger partial charge in [0.1, 0.15) is 0 Å². The van der Waals surface area contributed by atoms with Gasteiger partial charge in [0.2, 0.25) is 17.7 Å². The van der Waals surface area contributed by atoms with Crippen LogP contribution in [0.4, 0.5) is 5.95 Å². The average Bonchev–Trinajstić information content (AvgIpc) is 2.97. The lowest BCUT2D eigenvalue weighted by molar-refractivity contribution is -0.137. The number of amides is 1. The smallest absolute Gasteiger partial charge is 0.304 e. The van der Waals surface area contributed by atoms with E-state index in [4.69, 9.17) is 43.8 Å². The molecule has 2 aromatic heterocycles. The number of anilines is 1. The minimum absolute atomic E-state index is 0.136. The molecule has 3 N–H and O–H groups in total. The van der Waals surface area contributed by atoms with E-state index >= 15 is 0 Å². The number of aromatic nitrogens is 3. The first-order valence-corrected chi connectivity index (χ1v) is 14.9. The summed E-state index contributed by atoms with van der Waals surface area (Å²) in [6.45, 7) is 7.52. The Kier molecular flexibility index (Phi) is 10.3. The Morgan fingerprint density at radius 3 is 2.12 bits per heavy atom. The molecule has 1 aromatic carbocycles. The van der Waals surface area contributed by atoms with Crippen LogP contribution in [0.2, 0.25) is 10.0 Å². The number of carboxylic acid groups (broad SMARTS) is 1. The molecule has 3 aromatic rings. The number of pyridine rings is 1. The van der Waals surface area contributed by atoms with Crippen LogP contribution < -0.4 is 15.4 Å². The van der Waals surface area contributed by atoms with Gasteiger partial charge in [0.05, 0.1) is 31.1 Å². The molecule has 0 spiro atoms. The fourth-order valence-corrected chi connectivity index (χ4v) is 5.73. The normalized spacial score (nSPS) is 16.7. The predicted molar refractivity (Wildman–Crippen MR) is 164 cm³/mol. The van der Waals surface area contributed by atoms with Crippen molar-refractivity contribution < 1.29 is 19.4 Å². The summed E-state index contributed by atoms with van der Waals surface area (Å²) in [6, 6.07) is 9.20. The molecule has 0 aliphatic carbocycles. The van der Waals surface area contributed by atoms with E-state index in [1.165, 1.54) is 0 Å². The highest BCUT2D eigenvalue weighted by atomic mass is 35.5. The van der Waals surface area contributed by atoms with Crippen molar-refractivity contribution in [1.82, 2.24) is 29.7 Å². The molecule has 2 fully saturated rings. The summed E-state index contributed by atoms with van der Waals surface area (Å²) in [7, 11) is 0. The first kappa shape index (κ1) is 30.9. The Balaban J connectivity index is 1.28. The van der Waals surface area contributed by atoms with E-state index in [1.807, 2.05) is 24.3 Å². The van der Waals surface area contributed by atoms with Crippen molar-refractivity contribution in [2.24, 2.45) is 5.73 Å². The van der Waals surface area contributed by atoms with Crippen LogP contribution in [0, 0.1) is 0 Å². The summed E-state index contributed by atoms with van der Waals surface area (Å²) in [5.74, 6) is 0.325. The molecule has 43 heavy (non-hydrogen) atoms. The van der Waals surface area contributed by atoms with Gasteiger partial charge in [-0.05, 0) is 29.8 Å². The number of piperazine rings is 2. The van der Waals surface area contributed by atoms with Gasteiger partial charge in [-0.2, -0.15) is 0 Å². The monoisotopic (exact) mass is 628 g/mol. The highest BCUT2D eigenvalue weighted by Crippen LogP contribution is 2.30. The Morgan fingerprint density at radius 1 is 0.860 bits per heavy atom. The summed E-state index contributed by atoms with van der Waals surface area (Å²) >= 11 is 12.6. The Hall–Kier alpha value is -3.55. The molecule has 2 aliphatic heterocycles. The molecule has 0 atom stereocenters. The minimum Gasteiger partial charge on any atom is -0.481 e. The van der Waals surface area contributed by atoms with Crippen LogP contribution in [0.5, 0.6) is 11.6 Å². The lowest BCUT2D eigenvalue weighted by Gasteiger charge is -2.34. The van der Waals surface area contributed by atoms with E-state index < -0.39 is 5.97 Å². The third kappa shape index (κ3) is 8.97. The van der Waals surface area contributed by atoms with Crippen LogP contribution in [0.3, 0.4) is 0 Å². The van der Waals surface area contributed by atoms with Gasteiger partial charge in [0.25, 0.3) is 0 Å². The molecule has 2 saturated heterocycles. The Labute approximate surface area is 260 Å². The van der Waals surface area contributed by atoms with E-state index in [2.05, 4.69) is 29.6 Å². The second-order valence-electron chi connectivity index (χ2n) is 10.7. The molecule has 0 saturated carbocycles. The first-order chi connectivity index (χ1) is 20.7. The van der Waals surface area contributed by atoms with E-state index in [-0.39, 0.29) is 18.9 Å². The van der Waals surface area contributed by atoms with E-state index in [9.17, 15) is 9.59 Å². The molecular weight excluding hydrogens is 595 g/mol. The predicted octanol–water partition coefficient (Wildman–Crippen LogP) is 2.84. The van der Waals surface area contributed by atoms with Gasteiger partial charge in [0.15, 0.2) is 5.75 Å². The quantitative estimate of drug-likeness (QED) is 0.324. The number of carbonyl (C=O) groups excluding carboxylic acids is 1. The number of carboxylic acids is 1. The second-order valence-corrected chi connectivity index (χ2v) is 11.5. The largest absolute Gasteiger partial charge is 0.481 e. The van der Waals surface area contributed by atoms with Crippen LogP contribution in [-0.4, -0.2) is 112 Å². The highest BCUT2D eigenvalue weighted by molar-refractivity contribution is 6.35. The summed E-state index contributed by atoms with van der Waals surface area (Å²) in [4.78, 5) is 44.5. The van der Waals surface area contributed by atoms with Crippen LogP contribution in [-0.2, 0) is 16.1 Å². The van der Waals surface area contributed by atoms with Gasteiger partial charge in [-0.15, -0.1) is 0 Å². The van der Waals surface area contributed by atoms with Gasteiger partial charge >= 0.3 is 5.97 Å². The molecule has 228 valence electrons. The number of primary amides is 1. The zero-order valence-corrected chi connectivity index (χ0v) is 25.2. The Bertz CT molecular complexity index is 1410. The third-order valence-electron chi connectivity index (χ3n) is 7.40. The number of hydrogen-bond acceptors (Lipinski definition) is 10. The van der Waals surface area contributed by atoms with Gasteiger partial charge < -0.3 is 20.5 Å². The van der Waals surface area contributed by atoms with Gasteiger partial charge in [0, 0.05) is 87.1 Å². The molecule has 0 unspecified atom stereocenters. The van der Waals surface area contributed by atoms with Crippen molar-refractivity contribution in [2.45, 2.75) is 13.0 Å². The fraction of sp³-hybridized carbons (Fsp3) is 0.414. The van der Waals surface area contributed by atoms with Crippen molar-refractivity contribution in [2.75, 3.05) is 70.3 Å². The fourth-order valence-electron chi connectivity index (χ4n) is 5.21. The molecule has 2 aliphatic rings. The van der Waals surface area contributed by atoms with Crippen LogP contribution >= 0.6 is 23.2 Å². The first-order valence-electron chi connectivity index (χ1n) is 14.1. The molecular formula is C29H34Cl2N8O4. The maximum Gasteiger partial charge on any atom is 0.304 e. The number of benzene rings is 1. The third-order valence-corrected chi connectivity index (χ3v) is 7.84. The van der Waals surface area contributed by atoms with Crippen molar-refractivity contribution in [3.8, 4) is 22.9 Å². The van der Waals surface area contributed by atoms with Crippen LogP contribution in [0.15, 0.2) is 42.7 Å². The number of nitrogens with two attached hydrogens (primary N) is 1. The summed E-state index contributed by atoms with van der Waals surface area (Å²) in [5, 5.41) is 9.94. The molecule has 12 nitrogen and oxygen atoms in total. The number of nitrogens with zero attached hydrogens (tertiary/aromatic N) is 7. The molecule has 4 heterocycles. The van der Waals surface area contributed by atoms with E-state index in [1.54, 1.807) is 18.5 Å². The summed E-state index contributed by atoms with van der Waals surface area (Å²) in [5.41, 5.74) is 7.80. The van der Waals surface area contributed by atoms with Crippen molar-refractivity contribution in [1.29, 1.82) is 0 Å². The number of ether oxygens (including phenoxy) is 1.